The SMILES string of the molecule is CCCCOC(=O)c1cc([N+](=O)[O-])cc2c1-c1ccc([N+](=O)[O-])cc1C2=C(C#N)C#N. The molecule has 0 heterocycles. The fraction of sp³-hybridized carbons (Fsp3) is 0.190. The van der Waals surface area contributed by atoms with Gasteiger partial charge < -0.3 is 4.74 Å². The van der Waals surface area contributed by atoms with Gasteiger partial charge in [0, 0.05) is 35.4 Å². The summed E-state index contributed by atoms with van der Waals surface area (Å²) in [6.45, 7) is 2.02. The van der Waals surface area contributed by atoms with Crippen molar-refractivity contribution in [2.24, 2.45) is 0 Å². The van der Waals surface area contributed by atoms with E-state index in [4.69, 9.17) is 4.74 Å². The van der Waals surface area contributed by atoms with Crippen molar-refractivity contribution in [3.63, 3.8) is 0 Å². The van der Waals surface area contributed by atoms with E-state index in [9.17, 15) is 35.5 Å². The van der Waals surface area contributed by atoms with Gasteiger partial charge >= 0.3 is 5.97 Å². The molecule has 0 bridgehead atoms. The summed E-state index contributed by atoms with van der Waals surface area (Å²) in [4.78, 5) is 34.2. The molecule has 0 spiro atoms. The van der Waals surface area contributed by atoms with Crippen LogP contribution >= 0.6 is 0 Å². The summed E-state index contributed by atoms with van der Waals surface area (Å²) in [5, 5.41) is 41.6. The first-order valence-corrected chi connectivity index (χ1v) is 9.17. The molecule has 0 unspecified atom stereocenters. The van der Waals surface area contributed by atoms with Crippen molar-refractivity contribution in [1.82, 2.24) is 0 Å². The van der Waals surface area contributed by atoms with Crippen LogP contribution in [-0.2, 0) is 4.74 Å². The van der Waals surface area contributed by atoms with Crippen molar-refractivity contribution >= 4 is 22.9 Å². The van der Waals surface area contributed by atoms with Gasteiger partial charge in [0.05, 0.1) is 22.0 Å². The third-order valence-electron chi connectivity index (χ3n) is 4.78. The molecule has 0 radical (unpaired) electrons. The first-order valence-electron chi connectivity index (χ1n) is 9.17. The third-order valence-corrected chi connectivity index (χ3v) is 4.78. The molecule has 0 saturated carbocycles. The number of carbonyl (C=O) groups excluding carboxylic acids is 1. The normalized spacial score (nSPS) is 11.0. The number of rotatable bonds is 6. The minimum atomic E-state index is -0.797. The molecule has 0 saturated heterocycles. The second-order valence-electron chi connectivity index (χ2n) is 6.62. The largest absolute Gasteiger partial charge is 0.462 e. The molecule has 0 fully saturated rings. The van der Waals surface area contributed by atoms with Gasteiger partial charge in [-0.1, -0.05) is 13.3 Å². The molecule has 1 aliphatic rings. The molecule has 1 aliphatic carbocycles. The molecule has 0 aliphatic heterocycles. The number of benzene rings is 2. The highest BCUT2D eigenvalue weighted by atomic mass is 16.6. The second kappa shape index (κ2) is 8.43. The highest BCUT2D eigenvalue weighted by molar-refractivity contribution is 6.11. The Labute approximate surface area is 175 Å². The molecular formula is C21H14N4O6. The van der Waals surface area contributed by atoms with Crippen LogP contribution < -0.4 is 0 Å². The molecule has 0 aromatic heterocycles. The fourth-order valence-corrected chi connectivity index (χ4v) is 3.39. The summed E-state index contributed by atoms with van der Waals surface area (Å²) < 4.78 is 5.24. The quantitative estimate of drug-likeness (QED) is 0.188. The number of non-ortho nitro benzene ring substituents is 2. The lowest BCUT2D eigenvalue weighted by atomic mass is 9.96. The van der Waals surface area contributed by atoms with E-state index in [0.717, 1.165) is 18.6 Å². The Morgan fingerprint density at radius 2 is 1.65 bits per heavy atom. The van der Waals surface area contributed by atoms with Gasteiger partial charge in [-0.25, -0.2) is 4.79 Å². The summed E-state index contributed by atoms with van der Waals surface area (Å²) in [6.07, 6.45) is 1.37. The van der Waals surface area contributed by atoms with Crippen LogP contribution in [0.1, 0.15) is 41.3 Å². The van der Waals surface area contributed by atoms with Crippen molar-refractivity contribution in [1.29, 1.82) is 10.5 Å². The molecule has 31 heavy (non-hydrogen) atoms. The van der Waals surface area contributed by atoms with Gasteiger partial charge in [-0.2, -0.15) is 10.5 Å². The van der Waals surface area contributed by atoms with Gasteiger partial charge in [0.15, 0.2) is 0 Å². The van der Waals surface area contributed by atoms with Crippen molar-refractivity contribution in [3.05, 3.63) is 72.8 Å². The number of nitro benzene ring substituents is 2. The summed E-state index contributed by atoms with van der Waals surface area (Å²) in [6, 6.07) is 9.46. The predicted molar refractivity (Wildman–Crippen MR) is 108 cm³/mol. The number of nitriles is 2. The van der Waals surface area contributed by atoms with Crippen LogP contribution in [0.15, 0.2) is 35.9 Å². The predicted octanol–water partition coefficient (Wildman–Crippen LogP) is 4.29. The van der Waals surface area contributed by atoms with Crippen molar-refractivity contribution in [3.8, 4) is 23.3 Å². The van der Waals surface area contributed by atoms with Gasteiger partial charge in [0.1, 0.15) is 17.7 Å². The summed E-state index contributed by atoms with van der Waals surface area (Å²) in [7, 11) is 0. The molecule has 10 nitrogen and oxygen atoms in total. The van der Waals surface area contributed by atoms with E-state index in [1.54, 1.807) is 12.1 Å². The van der Waals surface area contributed by atoms with E-state index in [1.807, 2.05) is 6.92 Å². The van der Waals surface area contributed by atoms with E-state index in [1.165, 1.54) is 18.2 Å². The lowest BCUT2D eigenvalue weighted by Gasteiger charge is -2.10. The maximum absolute atomic E-state index is 12.8. The van der Waals surface area contributed by atoms with E-state index in [-0.39, 0.29) is 45.7 Å². The number of fused-ring (bicyclic) bond motifs is 3. The van der Waals surface area contributed by atoms with Gasteiger partial charge in [0.25, 0.3) is 11.4 Å². The highest BCUT2D eigenvalue weighted by Crippen LogP contribution is 2.49. The average Bonchev–Trinajstić information content (AvgIpc) is 3.07. The summed E-state index contributed by atoms with van der Waals surface area (Å²) in [5.41, 5.74) is -0.365. The first-order chi connectivity index (χ1) is 14.8. The minimum Gasteiger partial charge on any atom is -0.462 e. The lowest BCUT2D eigenvalue weighted by Crippen LogP contribution is -2.09. The van der Waals surface area contributed by atoms with Gasteiger partial charge in [-0.15, -0.1) is 0 Å². The molecular weight excluding hydrogens is 404 g/mol. The van der Waals surface area contributed by atoms with Crippen molar-refractivity contribution < 1.29 is 19.4 Å². The number of unbranched alkanes of at least 4 members (excludes halogenated alkanes) is 1. The van der Waals surface area contributed by atoms with E-state index in [0.29, 0.717) is 12.0 Å². The van der Waals surface area contributed by atoms with Crippen molar-refractivity contribution in [2.45, 2.75) is 19.8 Å². The average molecular weight is 418 g/mol. The first kappa shape index (κ1) is 21.1. The third kappa shape index (κ3) is 3.70. The zero-order chi connectivity index (χ0) is 22.7. The standard InChI is InChI=1S/C21H14N4O6/c1-2-3-6-31-21(26)18-9-14(25(29)30)8-17-19(12(10-22)11-23)16-7-13(24(27)28)4-5-15(16)20(17)18/h4-5,7-9H,2-3,6H2,1H3. The Bertz CT molecular complexity index is 1230. The van der Waals surface area contributed by atoms with Crippen LogP contribution in [0.3, 0.4) is 0 Å². The topological polar surface area (TPSA) is 160 Å². The monoisotopic (exact) mass is 418 g/mol. The Morgan fingerprint density at radius 1 is 1.00 bits per heavy atom. The number of ether oxygens (including phenoxy) is 1. The molecule has 3 rings (SSSR count). The summed E-state index contributed by atoms with van der Waals surface area (Å²) >= 11 is 0. The molecule has 0 amide bonds. The smallest absolute Gasteiger partial charge is 0.339 e. The zero-order valence-electron chi connectivity index (χ0n) is 16.2. The molecule has 0 N–H and O–H groups in total. The minimum absolute atomic E-state index is 0.00464. The van der Waals surface area contributed by atoms with Crippen molar-refractivity contribution in [2.75, 3.05) is 6.61 Å². The van der Waals surface area contributed by atoms with Gasteiger partial charge in [-0.3, -0.25) is 20.2 Å². The zero-order valence-corrected chi connectivity index (χ0v) is 16.2. The lowest BCUT2D eigenvalue weighted by molar-refractivity contribution is -0.385. The van der Waals surface area contributed by atoms with Crippen LogP contribution in [0.25, 0.3) is 16.7 Å². The Kier molecular flexibility index (Phi) is 5.75. The number of allylic oxidation sites excluding steroid dienone is 1. The number of nitrogens with zero attached hydrogens (tertiary/aromatic N) is 4. The Morgan fingerprint density at radius 3 is 2.23 bits per heavy atom. The van der Waals surface area contributed by atoms with Crippen LogP contribution in [-0.4, -0.2) is 22.4 Å². The molecule has 10 heteroatoms. The highest BCUT2D eigenvalue weighted by Gasteiger charge is 2.34. The fourth-order valence-electron chi connectivity index (χ4n) is 3.39. The van der Waals surface area contributed by atoms with Gasteiger partial charge in [-0.05, 0) is 29.2 Å². The van der Waals surface area contributed by atoms with E-state index >= 15 is 0 Å². The maximum atomic E-state index is 12.8. The van der Waals surface area contributed by atoms with Crippen LogP contribution in [0.4, 0.5) is 11.4 Å². The molecule has 154 valence electrons. The number of esters is 1. The molecule has 0 atom stereocenters. The van der Waals surface area contributed by atoms with Crippen LogP contribution in [0, 0.1) is 42.9 Å². The molecule has 2 aromatic carbocycles. The van der Waals surface area contributed by atoms with Gasteiger partial charge in [0.2, 0.25) is 0 Å². The number of hydrogen-bond acceptors (Lipinski definition) is 8. The Balaban J connectivity index is 2.38. The van der Waals surface area contributed by atoms with Crippen LogP contribution in [0.2, 0.25) is 0 Å². The van der Waals surface area contributed by atoms with E-state index < -0.39 is 21.5 Å². The number of carbonyl (C=O) groups is 1. The second-order valence-corrected chi connectivity index (χ2v) is 6.62. The van der Waals surface area contributed by atoms with E-state index in [2.05, 4.69) is 0 Å². The summed E-state index contributed by atoms with van der Waals surface area (Å²) in [5.74, 6) is -0.797. The number of nitro groups is 2. The molecule has 2 aromatic rings. The number of hydrogen-bond donors (Lipinski definition) is 0. The maximum Gasteiger partial charge on any atom is 0.339 e. The van der Waals surface area contributed by atoms with Crippen LogP contribution in [0.5, 0.6) is 0 Å². The Hall–Kier alpha value is -4.57.